The largest absolute Gasteiger partial charge is 0.303 e. The maximum absolute atomic E-state index is 4.02. The lowest BCUT2D eigenvalue weighted by molar-refractivity contribution is 0.0675. The van der Waals surface area contributed by atoms with Crippen LogP contribution in [0.4, 0.5) is 0 Å². The van der Waals surface area contributed by atoms with Gasteiger partial charge in [-0.3, -0.25) is 0 Å². The number of H-pyrrole nitrogens is 1. The molecule has 6 heteroatoms. The van der Waals surface area contributed by atoms with Gasteiger partial charge in [0, 0.05) is 12.6 Å². The Bertz CT molecular complexity index is 329. The van der Waals surface area contributed by atoms with Crippen LogP contribution in [0.25, 0.3) is 0 Å². The smallest absolute Gasteiger partial charge is 0.191 e. The van der Waals surface area contributed by atoms with Gasteiger partial charge >= 0.3 is 0 Å². The van der Waals surface area contributed by atoms with E-state index < -0.39 is 0 Å². The molecule has 0 aliphatic carbocycles. The van der Waals surface area contributed by atoms with Crippen LogP contribution in [0, 0.1) is 5.92 Å². The molecule has 2 atom stereocenters. The van der Waals surface area contributed by atoms with Crippen molar-refractivity contribution in [2.24, 2.45) is 5.92 Å². The van der Waals surface area contributed by atoms with Crippen LogP contribution in [0.2, 0.25) is 0 Å². The third-order valence-corrected chi connectivity index (χ3v) is 3.87. The number of aromatic nitrogens is 4. The Morgan fingerprint density at radius 1 is 1.44 bits per heavy atom. The molecule has 0 amide bonds. The van der Waals surface area contributed by atoms with Crippen molar-refractivity contribution in [2.45, 2.75) is 31.8 Å². The second kappa shape index (κ2) is 4.10. The van der Waals surface area contributed by atoms with Crippen molar-refractivity contribution in [2.75, 3.05) is 19.6 Å². The van der Waals surface area contributed by atoms with Gasteiger partial charge < -0.3 is 10.2 Å². The summed E-state index contributed by atoms with van der Waals surface area (Å²) in [5.74, 6) is 1.59. The fraction of sp³-hybridized carbons (Fsp3) is 0.900. The van der Waals surface area contributed by atoms with Crippen LogP contribution in [-0.4, -0.2) is 51.2 Å². The van der Waals surface area contributed by atoms with Gasteiger partial charge in [-0.25, -0.2) is 0 Å². The van der Waals surface area contributed by atoms with Crippen LogP contribution in [0.3, 0.4) is 0 Å². The molecule has 0 spiro atoms. The summed E-state index contributed by atoms with van der Waals surface area (Å²) in [7, 11) is 0. The highest BCUT2D eigenvalue weighted by molar-refractivity contribution is 4.95. The van der Waals surface area contributed by atoms with Crippen LogP contribution < -0.4 is 5.32 Å². The number of hydrogen-bond donors (Lipinski definition) is 2. The summed E-state index contributed by atoms with van der Waals surface area (Å²) in [4.78, 5) is 2.54. The molecule has 88 valence electrons. The molecular formula is C10H18N6. The average Bonchev–Trinajstić information content (AvgIpc) is 2.84. The van der Waals surface area contributed by atoms with Crippen molar-refractivity contribution < 1.29 is 0 Å². The van der Waals surface area contributed by atoms with E-state index in [2.05, 4.69) is 37.8 Å². The fourth-order valence-electron chi connectivity index (χ4n) is 2.90. The Kier molecular flexibility index (Phi) is 2.61. The van der Waals surface area contributed by atoms with E-state index in [1.807, 2.05) is 0 Å². The van der Waals surface area contributed by atoms with Crippen molar-refractivity contribution >= 4 is 0 Å². The first-order valence-electron chi connectivity index (χ1n) is 6.04. The van der Waals surface area contributed by atoms with E-state index in [-0.39, 0.29) is 6.04 Å². The van der Waals surface area contributed by atoms with Gasteiger partial charge in [0.15, 0.2) is 5.82 Å². The third-order valence-electron chi connectivity index (χ3n) is 3.87. The molecule has 3 fully saturated rings. The number of hydrogen-bond acceptors (Lipinski definition) is 5. The Hall–Kier alpha value is -1.01. The first kappa shape index (κ1) is 10.2. The Morgan fingerprint density at radius 3 is 2.81 bits per heavy atom. The Morgan fingerprint density at radius 2 is 2.25 bits per heavy atom. The predicted octanol–water partition coefficient (Wildman–Crippen LogP) is -0.0555. The van der Waals surface area contributed by atoms with E-state index in [0.29, 0.717) is 6.04 Å². The van der Waals surface area contributed by atoms with Crippen LogP contribution in [0.5, 0.6) is 0 Å². The minimum absolute atomic E-state index is 0.185. The van der Waals surface area contributed by atoms with E-state index in [0.717, 1.165) is 11.7 Å². The highest BCUT2D eigenvalue weighted by Gasteiger charge is 2.34. The molecule has 3 aliphatic heterocycles. The zero-order chi connectivity index (χ0) is 11.0. The minimum Gasteiger partial charge on any atom is -0.303 e. The number of fused-ring (bicyclic) bond motifs is 3. The number of tetrazole rings is 1. The first-order chi connectivity index (χ1) is 7.83. The standard InChI is InChI=1S/C10H18N6/c1-7(10-12-14-15-13-10)11-9-6-16-4-2-8(9)3-5-16/h7-9,11H,2-6H2,1H3,(H,12,13,14,15). The normalized spacial score (nSPS) is 35.2. The molecule has 2 bridgehead atoms. The Labute approximate surface area is 94.8 Å². The summed E-state index contributed by atoms with van der Waals surface area (Å²) in [5.41, 5.74) is 0. The maximum atomic E-state index is 4.02. The van der Waals surface area contributed by atoms with E-state index in [1.54, 1.807) is 0 Å². The molecule has 0 aromatic carbocycles. The lowest BCUT2D eigenvalue weighted by atomic mass is 9.84. The van der Waals surface area contributed by atoms with E-state index in [9.17, 15) is 0 Å². The SMILES string of the molecule is CC(NC1CN2CCC1CC2)c1nn[nH]n1. The highest BCUT2D eigenvalue weighted by Crippen LogP contribution is 2.28. The summed E-state index contributed by atoms with van der Waals surface area (Å²) >= 11 is 0. The fourth-order valence-corrected chi connectivity index (χ4v) is 2.90. The van der Waals surface area contributed by atoms with Crippen molar-refractivity contribution in [1.29, 1.82) is 0 Å². The molecule has 1 aromatic rings. The summed E-state index contributed by atoms with van der Waals surface area (Å²) in [6.45, 7) is 5.83. The van der Waals surface area contributed by atoms with Crippen LogP contribution in [-0.2, 0) is 0 Å². The lowest BCUT2D eigenvalue weighted by Crippen LogP contribution is -2.56. The molecule has 6 nitrogen and oxygen atoms in total. The van der Waals surface area contributed by atoms with Crippen molar-refractivity contribution in [3.63, 3.8) is 0 Å². The topological polar surface area (TPSA) is 69.7 Å². The molecule has 3 aliphatic rings. The minimum atomic E-state index is 0.185. The number of rotatable bonds is 3. The third kappa shape index (κ3) is 1.82. The molecule has 0 saturated carbocycles. The number of nitrogens with zero attached hydrogens (tertiary/aromatic N) is 4. The van der Waals surface area contributed by atoms with Crippen LogP contribution >= 0.6 is 0 Å². The van der Waals surface area contributed by atoms with Crippen molar-refractivity contribution in [1.82, 2.24) is 30.8 Å². The summed E-state index contributed by atoms with van der Waals surface area (Å²) in [6.07, 6.45) is 2.66. The average molecular weight is 222 g/mol. The second-order valence-corrected chi connectivity index (χ2v) is 4.90. The molecule has 2 unspecified atom stereocenters. The number of nitrogens with one attached hydrogen (secondary N) is 2. The molecule has 16 heavy (non-hydrogen) atoms. The van der Waals surface area contributed by atoms with E-state index in [4.69, 9.17) is 0 Å². The molecular weight excluding hydrogens is 204 g/mol. The van der Waals surface area contributed by atoms with Gasteiger partial charge in [0.05, 0.1) is 6.04 Å². The molecule has 0 radical (unpaired) electrons. The van der Waals surface area contributed by atoms with E-state index in [1.165, 1.54) is 32.5 Å². The monoisotopic (exact) mass is 222 g/mol. The van der Waals surface area contributed by atoms with Crippen molar-refractivity contribution in [3.05, 3.63) is 5.82 Å². The summed E-state index contributed by atoms with van der Waals surface area (Å²) in [5, 5.41) is 17.8. The Balaban J connectivity index is 1.62. The zero-order valence-electron chi connectivity index (χ0n) is 9.56. The molecule has 4 rings (SSSR count). The quantitative estimate of drug-likeness (QED) is 0.750. The van der Waals surface area contributed by atoms with Gasteiger partial charge in [-0.1, -0.05) is 5.21 Å². The van der Waals surface area contributed by atoms with Gasteiger partial charge in [0.25, 0.3) is 0 Å². The zero-order valence-corrected chi connectivity index (χ0v) is 9.56. The second-order valence-electron chi connectivity index (χ2n) is 4.90. The van der Waals surface area contributed by atoms with Gasteiger partial charge in [0.1, 0.15) is 0 Å². The van der Waals surface area contributed by atoms with Crippen LogP contribution in [0.15, 0.2) is 0 Å². The maximum Gasteiger partial charge on any atom is 0.191 e. The van der Waals surface area contributed by atoms with Crippen molar-refractivity contribution in [3.8, 4) is 0 Å². The molecule has 4 heterocycles. The van der Waals surface area contributed by atoms with E-state index >= 15 is 0 Å². The lowest BCUT2D eigenvalue weighted by Gasteiger charge is -2.45. The van der Waals surface area contributed by atoms with Gasteiger partial charge in [-0.15, -0.1) is 10.2 Å². The number of piperidine rings is 3. The predicted molar refractivity (Wildman–Crippen MR) is 58.7 cm³/mol. The summed E-state index contributed by atoms with van der Waals surface area (Å²) in [6, 6.07) is 0.778. The molecule has 1 aromatic heterocycles. The highest BCUT2D eigenvalue weighted by atomic mass is 15.5. The van der Waals surface area contributed by atoms with Gasteiger partial charge in [-0.05, 0) is 38.8 Å². The molecule has 2 N–H and O–H groups in total. The number of aromatic amines is 1. The van der Waals surface area contributed by atoms with Gasteiger partial charge in [0.2, 0.25) is 0 Å². The van der Waals surface area contributed by atoms with Crippen LogP contribution in [0.1, 0.15) is 31.6 Å². The van der Waals surface area contributed by atoms with Gasteiger partial charge in [-0.2, -0.15) is 5.21 Å². The summed E-state index contributed by atoms with van der Waals surface area (Å²) < 4.78 is 0. The molecule has 3 saturated heterocycles. The first-order valence-corrected chi connectivity index (χ1v) is 6.04.